The first-order valence-electron chi connectivity index (χ1n) is 7.15. The molecule has 0 aromatic heterocycles. The third-order valence-corrected chi connectivity index (χ3v) is 5.57. The van der Waals surface area contributed by atoms with Crippen LogP contribution in [0.15, 0.2) is 0 Å². The average molecular weight is 236 g/mol. The monoisotopic (exact) mass is 236 g/mol. The second-order valence-corrected chi connectivity index (χ2v) is 6.63. The number of carbonyl (C=O) groups excluding carboxylic acids is 1. The van der Waals surface area contributed by atoms with Gasteiger partial charge in [0.05, 0.1) is 0 Å². The quantitative estimate of drug-likeness (QED) is 0.757. The number of fused-ring (bicyclic) bond motifs is 3. The Kier molecular flexibility index (Phi) is 2.51. The van der Waals surface area contributed by atoms with Gasteiger partial charge in [-0.3, -0.25) is 4.79 Å². The Hall–Kier alpha value is -0.570. The third kappa shape index (κ3) is 1.70. The van der Waals surface area contributed by atoms with Crippen molar-refractivity contribution < 1.29 is 4.79 Å². The first kappa shape index (κ1) is 11.5. The number of nitrogens with two attached hydrogens (primary N) is 1. The molecule has 1 aliphatic heterocycles. The lowest BCUT2D eigenvalue weighted by molar-refractivity contribution is -0.149. The van der Waals surface area contributed by atoms with Gasteiger partial charge in [-0.1, -0.05) is 0 Å². The number of hydrogen-bond donors (Lipinski definition) is 1. The van der Waals surface area contributed by atoms with Crippen molar-refractivity contribution in [3.63, 3.8) is 0 Å². The molecule has 0 spiro atoms. The molecule has 1 heterocycles. The molecule has 4 aliphatic rings. The Labute approximate surface area is 104 Å². The third-order valence-electron chi connectivity index (χ3n) is 5.57. The standard InChI is InChI=1S/C14H24N2O/c1-11-3-2-10-16(11)12(17)13-4-7-14(15,8-5-13)9-6-13/h11H,2-10,15H2,1H3. The van der Waals surface area contributed by atoms with Crippen LogP contribution in [0.2, 0.25) is 0 Å². The zero-order chi connectivity index (χ0) is 12.1. The lowest BCUT2D eigenvalue weighted by Gasteiger charge is -2.52. The van der Waals surface area contributed by atoms with Gasteiger partial charge >= 0.3 is 0 Å². The fraction of sp³-hybridized carbons (Fsp3) is 0.929. The van der Waals surface area contributed by atoms with Gasteiger partial charge in [-0.25, -0.2) is 0 Å². The Bertz CT molecular complexity index is 315. The normalized spacial score (nSPS) is 45.3. The summed E-state index contributed by atoms with van der Waals surface area (Å²) in [4.78, 5) is 14.9. The van der Waals surface area contributed by atoms with E-state index in [1.165, 1.54) is 12.8 Å². The highest BCUT2D eigenvalue weighted by atomic mass is 16.2. The molecule has 0 aromatic rings. The summed E-state index contributed by atoms with van der Waals surface area (Å²) in [7, 11) is 0. The van der Waals surface area contributed by atoms with Crippen LogP contribution >= 0.6 is 0 Å². The van der Waals surface area contributed by atoms with Crippen molar-refractivity contribution in [3.05, 3.63) is 0 Å². The van der Waals surface area contributed by atoms with Gasteiger partial charge in [0.15, 0.2) is 0 Å². The number of hydrogen-bond acceptors (Lipinski definition) is 2. The van der Waals surface area contributed by atoms with Crippen molar-refractivity contribution >= 4 is 5.91 Å². The highest BCUT2D eigenvalue weighted by molar-refractivity contribution is 5.83. The molecule has 1 amide bonds. The summed E-state index contributed by atoms with van der Waals surface area (Å²) < 4.78 is 0. The van der Waals surface area contributed by atoms with Crippen LogP contribution < -0.4 is 5.73 Å². The second-order valence-electron chi connectivity index (χ2n) is 6.63. The fourth-order valence-electron chi connectivity index (χ4n) is 4.08. The van der Waals surface area contributed by atoms with Gasteiger partial charge in [0, 0.05) is 23.5 Å². The van der Waals surface area contributed by atoms with Crippen molar-refractivity contribution in [3.8, 4) is 0 Å². The van der Waals surface area contributed by atoms with E-state index in [9.17, 15) is 4.79 Å². The molecule has 17 heavy (non-hydrogen) atoms. The van der Waals surface area contributed by atoms with Gasteiger partial charge in [0.1, 0.15) is 0 Å². The van der Waals surface area contributed by atoms with E-state index in [0.29, 0.717) is 11.9 Å². The Morgan fingerprint density at radius 2 is 1.76 bits per heavy atom. The zero-order valence-corrected chi connectivity index (χ0v) is 10.9. The first-order chi connectivity index (χ1) is 8.05. The van der Waals surface area contributed by atoms with Gasteiger partial charge < -0.3 is 10.6 Å². The van der Waals surface area contributed by atoms with Crippen molar-refractivity contribution in [2.45, 2.75) is 69.9 Å². The second kappa shape index (κ2) is 3.71. The van der Waals surface area contributed by atoms with E-state index in [2.05, 4.69) is 11.8 Å². The largest absolute Gasteiger partial charge is 0.340 e. The molecule has 3 nitrogen and oxygen atoms in total. The summed E-state index contributed by atoms with van der Waals surface area (Å²) in [6.07, 6.45) is 8.64. The van der Waals surface area contributed by atoms with Crippen LogP contribution in [0.5, 0.6) is 0 Å². The summed E-state index contributed by atoms with van der Waals surface area (Å²) in [5.74, 6) is 0.448. The Morgan fingerprint density at radius 1 is 1.18 bits per heavy atom. The molecule has 0 radical (unpaired) electrons. The van der Waals surface area contributed by atoms with Gasteiger partial charge in [-0.05, 0) is 58.3 Å². The van der Waals surface area contributed by atoms with Crippen LogP contribution in [0, 0.1) is 5.41 Å². The van der Waals surface area contributed by atoms with E-state index in [4.69, 9.17) is 5.73 Å². The van der Waals surface area contributed by atoms with E-state index in [1.54, 1.807) is 0 Å². The number of amides is 1. The molecule has 3 heteroatoms. The molecule has 3 aliphatic carbocycles. The minimum atomic E-state index is -0.0281. The highest BCUT2D eigenvalue weighted by Crippen LogP contribution is 2.52. The lowest BCUT2D eigenvalue weighted by atomic mass is 9.57. The van der Waals surface area contributed by atoms with Crippen LogP contribution in [-0.2, 0) is 4.79 Å². The van der Waals surface area contributed by atoms with Crippen LogP contribution in [0.1, 0.15) is 58.3 Å². The number of rotatable bonds is 1. The Morgan fingerprint density at radius 3 is 2.24 bits per heavy atom. The molecule has 4 rings (SSSR count). The summed E-state index contributed by atoms with van der Waals surface area (Å²) in [6, 6.07) is 0.461. The van der Waals surface area contributed by atoms with E-state index in [0.717, 1.165) is 45.1 Å². The van der Waals surface area contributed by atoms with Crippen molar-refractivity contribution in [1.29, 1.82) is 0 Å². The topological polar surface area (TPSA) is 46.3 Å². The SMILES string of the molecule is CC1CCCN1C(=O)C12CCC(N)(CC1)CC2. The molecule has 2 N–H and O–H groups in total. The van der Waals surface area contributed by atoms with E-state index in [-0.39, 0.29) is 11.0 Å². The van der Waals surface area contributed by atoms with Gasteiger partial charge in [0.25, 0.3) is 0 Å². The molecule has 1 atom stereocenters. The first-order valence-corrected chi connectivity index (χ1v) is 7.15. The molecular weight excluding hydrogens is 212 g/mol. The maximum Gasteiger partial charge on any atom is 0.229 e. The molecule has 3 saturated carbocycles. The zero-order valence-electron chi connectivity index (χ0n) is 10.9. The smallest absolute Gasteiger partial charge is 0.229 e. The summed E-state index contributed by atoms with van der Waals surface area (Å²) >= 11 is 0. The van der Waals surface area contributed by atoms with Crippen LogP contribution in [0.25, 0.3) is 0 Å². The molecular formula is C14H24N2O. The van der Waals surface area contributed by atoms with Crippen molar-refractivity contribution in [1.82, 2.24) is 4.90 Å². The molecule has 4 fully saturated rings. The predicted molar refractivity (Wildman–Crippen MR) is 67.5 cm³/mol. The van der Waals surface area contributed by atoms with Crippen LogP contribution in [0.3, 0.4) is 0 Å². The molecule has 2 bridgehead atoms. The molecule has 0 aromatic carbocycles. The lowest BCUT2D eigenvalue weighted by Crippen LogP contribution is -2.57. The highest BCUT2D eigenvalue weighted by Gasteiger charge is 2.52. The Balaban J connectivity index is 1.78. The minimum absolute atomic E-state index is 0.0281. The van der Waals surface area contributed by atoms with E-state index in [1.807, 2.05) is 0 Å². The summed E-state index contributed by atoms with van der Waals surface area (Å²) in [5, 5.41) is 0. The summed E-state index contributed by atoms with van der Waals surface area (Å²) in [5.41, 5.74) is 6.35. The number of likely N-dealkylation sites (tertiary alicyclic amines) is 1. The molecule has 1 saturated heterocycles. The van der Waals surface area contributed by atoms with E-state index >= 15 is 0 Å². The van der Waals surface area contributed by atoms with Crippen LogP contribution in [0.4, 0.5) is 0 Å². The van der Waals surface area contributed by atoms with Gasteiger partial charge in [-0.15, -0.1) is 0 Å². The molecule has 1 unspecified atom stereocenters. The average Bonchev–Trinajstić information content (AvgIpc) is 2.76. The van der Waals surface area contributed by atoms with E-state index < -0.39 is 0 Å². The minimum Gasteiger partial charge on any atom is -0.340 e. The van der Waals surface area contributed by atoms with Crippen LogP contribution in [-0.4, -0.2) is 28.9 Å². The van der Waals surface area contributed by atoms with Crippen molar-refractivity contribution in [2.75, 3.05) is 6.54 Å². The number of carbonyl (C=O) groups is 1. The maximum atomic E-state index is 12.8. The maximum absolute atomic E-state index is 12.8. The van der Waals surface area contributed by atoms with Gasteiger partial charge in [-0.2, -0.15) is 0 Å². The van der Waals surface area contributed by atoms with Crippen molar-refractivity contribution in [2.24, 2.45) is 11.1 Å². The van der Waals surface area contributed by atoms with Gasteiger partial charge in [0.2, 0.25) is 5.91 Å². The fourth-order valence-corrected chi connectivity index (χ4v) is 4.08. The number of nitrogens with zero attached hydrogens (tertiary/aromatic N) is 1. The molecule has 96 valence electrons. The predicted octanol–water partition coefficient (Wildman–Crippen LogP) is 2.05. The summed E-state index contributed by atoms with van der Waals surface area (Å²) in [6.45, 7) is 3.18.